The smallest absolute Gasteiger partial charge is 0.351 e. The minimum Gasteiger partial charge on any atom is -0.393 e. The van der Waals surface area contributed by atoms with Gasteiger partial charge in [0.05, 0.1) is 13.2 Å². The normalized spacial score (nSPS) is 14.2. The summed E-state index contributed by atoms with van der Waals surface area (Å²) < 4.78 is 5.99. The molecule has 0 saturated carbocycles. The zero-order valence-electron chi connectivity index (χ0n) is 8.89. The van der Waals surface area contributed by atoms with Crippen molar-refractivity contribution in [2.75, 3.05) is 18.9 Å². The van der Waals surface area contributed by atoms with Crippen LogP contribution in [0.4, 0.5) is 5.82 Å². The first kappa shape index (κ1) is 13.3. The molecule has 2 unspecified atom stereocenters. The Morgan fingerprint density at radius 3 is 2.71 bits per heavy atom. The quantitative estimate of drug-likeness (QED) is 0.488. The van der Waals surface area contributed by atoms with Crippen molar-refractivity contribution in [3.63, 3.8) is 0 Å². The molecule has 0 fully saturated rings. The molecular weight excluding hydrogens is 230 g/mol. The molecule has 94 valence electrons. The van der Waals surface area contributed by atoms with Crippen molar-refractivity contribution in [3.05, 3.63) is 22.7 Å². The summed E-state index contributed by atoms with van der Waals surface area (Å²) in [6.07, 6.45) is -0.557. The number of aliphatic hydroxyl groups excluding tert-OH is 2. The SMILES string of the molecule is Nc1ccn(C(CO)OC(C=O)CO)c(=O)n1. The van der Waals surface area contributed by atoms with Gasteiger partial charge in [0.1, 0.15) is 11.9 Å². The average molecular weight is 243 g/mol. The lowest BCUT2D eigenvalue weighted by molar-refractivity contribution is -0.135. The first-order valence-electron chi connectivity index (χ1n) is 4.79. The van der Waals surface area contributed by atoms with Gasteiger partial charge < -0.3 is 25.5 Å². The number of aliphatic hydroxyl groups is 2. The topological polar surface area (TPSA) is 128 Å². The molecule has 0 radical (unpaired) electrons. The zero-order valence-corrected chi connectivity index (χ0v) is 8.89. The third-order valence-corrected chi connectivity index (χ3v) is 1.98. The number of hydrogen-bond donors (Lipinski definition) is 3. The first-order valence-corrected chi connectivity index (χ1v) is 4.79. The Morgan fingerprint density at radius 1 is 1.53 bits per heavy atom. The van der Waals surface area contributed by atoms with Crippen LogP contribution in [0.3, 0.4) is 0 Å². The van der Waals surface area contributed by atoms with Crippen LogP contribution in [-0.2, 0) is 9.53 Å². The van der Waals surface area contributed by atoms with E-state index in [2.05, 4.69) is 4.98 Å². The summed E-state index contributed by atoms with van der Waals surface area (Å²) in [5.74, 6) is 0.0389. The van der Waals surface area contributed by atoms with Crippen molar-refractivity contribution < 1.29 is 19.7 Å². The number of carbonyl (C=O) groups excluding carboxylic acids is 1. The number of aromatic nitrogens is 2. The number of hydrogen-bond acceptors (Lipinski definition) is 7. The number of aldehydes is 1. The van der Waals surface area contributed by atoms with E-state index >= 15 is 0 Å². The van der Waals surface area contributed by atoms with Crippen molar-refractivity contribution in [1.82, 2.24) is 9.55 Å². The molecule has 0 aromatic carbocycles. The van der Waals surface area contributed by atoms with E-state index in [-0.39, 0.29) is 5.82 Å². The summed E-state index contributed by atoms with van der Waals surface area (Å²) in [6, 6.07) is 1.35. The minimum absolute atomic E-state index is 0.0389. The molecule has 0 bridgehead atoms. The molecule has 0 spiro atoms. The number of anilines is 1. The van der Waals surface area contributed by atoms with Gasteiger partial charge in [-0.1, -0.05) is 0 Å². The number of nitrogens with zero attached hydrogens (tertiary/aromatic N) is 2. The number of rotatable bonds is 6. The Kier molecular flexibility index (Phi) is 4.76. The predicted octanol–water partition coefficient (Wildman–Crippen LogP) is -2.11. The molecule has 1 aromatic heterocycles. The molecule has 0 aliphatic heterocycles. The van der Waals surface area contributed by atoms with Crippen molar-refractivity contribution in [1.29, 1.82) is 0 Å². The number of nitrogens with two attached hydrogens (primary N) is 1. The lowest BCUT2D eigenvalue weighted by atomic mass is 10.4. The monoisotopic (exact) mass is 243 g/mol. The molecule has 0 aliphatic carbocycles. The number of ether oxygens (including phenoxy) is 1. The fourth-order valence-corrected chi connectivity index (χ4v) is 1.16. The molecule has 1 heterocycles. The van der Waals surface area contributed by atoms with E-state index in [1.54, 1.807) is 0 Å². The van der Waals surface area contributed by atoms with Gasteiger partial charge in [-0.15, -0.1) is 0 Å². The van der Waals surface area contributed by atoms with E-state index in [0.29, 0.717) is 6.29 Å². The van der Waals surface area contributed by atoms with Crippen LogP contribution in [0.5, 0.6) is 0 Å². The second-order valence-corrected chi connectivity index (χ2v) is 3.17. The average Bonchev–Trinajstić information content (AvgIpc) is 2.32. The van der Waals surface area contributed by atoms with Crippen molar-refractivity contribution in [3.8, 4) is 0 Å². The van der Waals surface area contributed by atoms with Gasteiger partial charge in [-0.3, -0.25) is 4.57 Å². The molecular formula is C9H13N3O5. The zero-order chi connectivity index (χ0) is 12.8. The Bertz CT molecular complexity index is 433. The van der Waals surface area contributed by atoms with Gasteiger partial charge in [-0.2, -0.15) is 4.98 Å². The third-order valence-electron chi connectivity index (χ3n) is 1.98. The van der Waals surface area contributed by atoms with Crippen molar-refractivity contribution in [2.45, 2.75) is 12.3 Å². The van der Waals surface area contributed by atoms with Crippen LogP contribution in [0, 0.1) is 0 Å². The summed E-state index contributed by atoms with van der Waals surface area (Å²) in [5, 5.41) is 17.8. The molecule has 17 heavy (non-hydrogen) atoms. The van der Waals surface area contributed by atoms with E-state index < -0.39 is 31.2 Å². The van der Waals surface area contributed by atoms with Crippen LogP contribution in [0.2, 0.25) is 0 Å². The van der Waals surface area contributed by atoms with Gasteiger partial charge in [0.15, 0.2) is 12.5 Å². The lowest BCUT2D eigenvalue weighted by Crippen LogP contribution is -2.34. The van der Waals surface area contributed by atoms with Crippen LogP contribution in [-0.4, -0.2) is 45.4 Å². The van der Waals surface area contributed by atoms with Crippen molar-refractivity contribution >= 4 is 12.1 Å². The van der Waals surface area contributed by atoms with Crippen LogP contribution in [0.15, 0.2) is 17.1 Å². The number of nitrogen functional groups attached to an aromatic ring is 1. The molecule has 8 nitrogen and oxygen atoms in total. The maximum Gasteiger partial charge on any atom is 0.351 e. The Labute approximate surface area is 96.3 Å². The molecule has 1 rings (SSSR count). The van der Waals surface area contributed by atoms with E-state index in [4.69, 9.17) is 20.7 Å². The summed E-state index contributed by atoms with van der Waals surface area (Å²) >= 11 is 0. The summed E-state index contributed by atoms with van der Waals surface area (Å²) in [4.78, 5) is 25.3. The van der Waals surface area contributed by atoms with Gasteiger partial charge in [0.2, 0.25) is 0 Å². The fraction of sp³-hybridized carbons (Fsp3) is 0.444. The largest absolute Gasteiger partial charge is 0.393 e. The maximum absolute atomic E-state index is 11.4. The van der Waals surface area contributed by atoms with E-state index in [1.807, 2.05) is 0 Å². The summed E-state index contributed by atoms with van der Waals surface area (Å²) in [5.41, 5.74) is 4.58. The second-order valence-electron chi connectivity index (χ2n) is 3.17. The molecule has 1 aromatic rings. The summed E-state index contributed by atoms with van der Waals surface area (Å²) in [6.45, 7) is -1.09. The fourth-order valence-electron chi connectivity index (χ4n) is 1.16. The summed E-state index contributed by atoms with van der Waals surface area (Å²) in [7, 11) is 0. The van der Waals surface area contributed by atoms with Crippen LogP contribution in [0.25, 0.3) is 0 Å². The van der Waals surface area contributed by atoms with E-state index in [9.17, 15) is 9.59 Å². The highest BCUT2D eigenvalue weighted by molar-refractivity contribution is 5.56. The Balaban J connectivity index is 2.93. The molecule has 0 amide bonds. The third kappa shape index (κ3) is 3.34. The van der Waals surface area contributed by atoms with Gasteiger partial charge in [0.25, 0.3) is 0 Å². The second kappa shape index (κ2) is 6.09. The van der Waals surface area contributed by atoms with Crippen molar-refractivity contribution in [2.24, 2.45) is 0 Å². The molecule has 0 saturated heterocycles. The Morgan fingerprint density at radius 2 is 2.24 bits per heavy atom. The standard InChI is InChI=1S/C9H13N3O5/c10-7-1-2-12(9(16)11-7)8(5-15)17-6(3-13)4-14/h1-3,6,8,14-15H,4-5H2,(H2,10,11,16). The van der Waals surface area contributed by atoms with Gasteiger partial charge in [0, 0.05) is 6.20 Å². The van der Waals surface area contributed by atoms with Crippen LogP contribution >= 0.6 is 0 Å². The van der Waals surface area contributed by atoms with Gasteiger partial charge >= 0.3 is 5.69 Å². The molecule has 4 N–H and O–H groups in total. The minimum atomic E-state index is -1.11. The highest BCUT2D eigenvalue weighted by atomic mass is 16.5. The van der Waals surface area contributed by atoms with Crippen LogP contribution < -0.4 is 11.4 Å². The maximum atomic E-state index is 11.4. The number of carbonyl (C=O) groups is 1. The van der Waals surface area contributed by atoms with Gasteiger partial charge in [-0.25, -0.2) is 4.79 Å². The molecule has 2 atom stereocenters. The lowest BCUT2D eigenvalue weighted by Gasteiger charge is -2.20. The highest BCUT2D eigenvalue weighted by Gasteiger charge is 2.17. The molecule has 0 aliphatic rings. The van der Waals surface area contributed by atoms with E-state index in [1.165, 1.54) is 12.3 Å². The highest BCUT2D eigenvalue weighted by Crippen LogP contribution is 2.07. The first-order chi connectivity index (χ1) is 8.12. The van der Waals surface area contributed by atoms with Gasteiger partial charge in [-0.05, 0) is 6.07 Å². The van der Waals surface area contributed by atoms with Crippen LogP contribution in [0.1, 0.15) is 6.23 Å². The predicted molar refractivity (Wildman–Crippen MR) is 57.1 cm³/mol. The molecule has 8 heteroatoms. The van der Waals surface area contributed by atoms with E-state index in [0.717, 1.165) is 4.57 Å². The Hall–Kier alpha value is -1.77.